The first-order chi connectivity index (χ1) is 12.9. The third-order valence-corrected chi connectivity index (χ3v) is 4.67. The Morgan fingerprint density at radius 1 is 1.30 bits per heavy atom. The number of carbonyl (C=O) groups excluding carboxylic acids is 2. The number of esters is 1. The molecule has 0 unspecified atom stereocenters. The third-order valence-electron chi connectivity index (χ3n) is 4.39. The Kier molecular flexibility index (Phi) is 7.31. The van der Waals surface area contributed by atoms with Gasteiger partial charge in [0.15, 0.2) is 18.1 Å². The minimum Gasteiger partial charge on any atom is -0.493 e. The molecule has 146 valence electrons. The fraction of sp³-hybridized carbons (Fsp3) is 0.526. The van der Waals surface area contributed by atoms with E-state index in [0.29, 0.717) is 30.9 Å². The number of rotatable bonds is 7. The van der Waals surface area contributed by atoms with Crippen LogP contribution in [0.25, 0.3) is 0 Å². The van der Waals surface area contributed by atoms with E-state index < -0.39 is 24.0 Å². The number of halogens is 1. The predicted molar refractivity (Wildman–Crippen MR) is 99.0 cm³/mol. The first kappa shape index (κ1) is 20.8. The molecule has 0 saturated heterocycles. The van der Waals surface area contributed by atoms with Gasteiger partial charge >= 0.3 is 5.97 Å². The van der Waals surface area contributed by atoms with Crippen LogP contribution in [0.1, 0.15) is 49.4 Å². The molecule has 1 aliphatic rings. The second-order valence-electron chi connectivity index (χ2n) is 6.30. The van der Waals surface area contributed by atoms with Crippen molar-refractivity contribution in [2.45, 2.75) is 44.6 Å². The van der Waals surface area contributed by atoms with Gasteiger partial charge in [-0.1, -0.05) is 30.9 Å². The van der Waals surface area contributed by atoms with Crippen LogP contribution in [0, 0.1) is 11.3 Å². The van der Waals surface area contributed by atoms with Gasteiger partial charge in [-0.2, -0.15) is 5.26 Å². The Bertz CT molecular complexity index is 738. The molecule has 27 heavy (non-hydrogen) atoms. The van der Waals surface area contributed by atoms with Crippen LogP contribution < -0.4 is 14.8 Å². The van der Waals surface area contributed by atoms with Crippen molar-refractivity contribution in [1.29, 1.82) is 5.26 Å². The number of nitriles is 1. The standard InChI is InChI=1S/C19H23ClN2O5/c1-3-26-17-14(20)9-13(10-15(17)25-2)18(24)27-11-16(23)22-19(12-21)7-5-4-6-8-19/h9-10H,3-8,11H2,1-2H3,(H,22,23). The van der Waals surface area contributed by atoms with Crippen molar-refractivity contribution >= 4 is 23.5 Å². The highest BCUT2D eigenvalue weighted by atomic mass is 35.5. The quantitative estimate of drug-likeness (QED) is 0.713. The average molecular weight is 395 g/mol. The van der Waals surface area contributed by atoms with Crippen LogP contribution in [-0.2, 0) is 9.53 Å². The Labute approximate surface area is 163 Å². The summed E-state index contributed by atoms with van der Waals surface area (Å²) in [6.45, 7) is 1.72. The molecule has 0 atom stereocenters. The Morgan fingerprint density at radius 2 is 2.00 bits per heavy atom. The van der Waals surface area contributed by atoms with E-state index >= 15 is 0 Å². The number of nitrogens with zero attached hydrogens (tertiary/aromatic N) is 1. The summed E-state index contributed by atoms with van der Waals surface area (Å²) in [5.74, 6) is -0.588. The van der Waals surface area contributed by atoms with Crippen LogP contribution in [0.2, 0.25) is 5.02 Å². The van der Waals surface area contributed by atoms with Crippen LogP contribution >= 0.6 is 11.6 Å². The number of amides is 1. The highest BCUT2D eigenvalue weighted by Gasteiger charge is 2.33. The topological polar surface area (TPSA) is 97.6 Å². The fourth-order valence-corrected chi connectivity index (χ4v) is 3.32. The smallest absolute Gasteiger partial charge is 0.338 e. The van der Waals surface area contributed by atoms with Crippen LogP contribution in [0.4, 0.5) is 0 Å². The lowest BCUT2D eigenvalue weighted by Crippen LogP contribution is -2.50. The number of hydrogen-bond acceptors (Lipinski definition) is 6. The highest BCUT2D eigenvalue weighted by molar-refractivity contribution is 6.32. The van der Waals surface area contributed by atoms with Gasteiger partial charge in [0, 0.05) is 0 Å². The van der Waals surface area contributed by atoms with E-state index in [1.54, 1.807) is 6.92 Å². The summed E-state index contributed by atoms with van der Waals surface area (Å²) >= 11 is 6.14. The molecular weight excluding hydrogens is 372 g/mol. The molecule has 1 fully saturated rings. The monoisotopic (exact) mass is 394 g/mol. The van der Waals surface area contributed by atoms with E-state index in [1.807, 2.05) is 0 Å². The Hall–Kier alpha value is -2.46. The summed E-state index contributed by atoms with van der Waals surface area (Å²) in [7, 11) is 1.43. The number of methoxy groups -OCH3 is 1. The summed E-state index contributed by atoms with van der Waals surface area (Å²) in [6, 6.07) is 5.02. The second kappa shape index (κ2) is 9.47. The SMILES string of the molecule is CCOc1c(Cl)cc(C(=O)OCC(=O)NC2(C#N)CCCCC2)cc1OC. The van der Waals surface area contributed by atoms with Crippen molar-refractivity contribution in [3.05, 3.63) is 22.7 Å². The zero-order valence-electron chi connectivity index (χ0n) is 15.5. The molecule has 0 aromatic heterocycles. The summed E-state index contributed by atoms with van der Waals surface area (Å²) in [5.41, 5.74) is -0.728. The molecule has 0 radical (unpaired) electrons. The van der Waals surface area contributed by atoms with Gasteiger partial charge in [0.25, 0.3) is 5.91 Å². The molecule has 0 aliphatic heterocycles. The van der Waals surface area contributed by atoms with Gasteiger partial charge in [-0.3, -0.25) is 4.79 Å². The first-order valence-corrected chi connectivity index (χ1v) is 9.22. The molecule has 1 amide bonds. The lowest BCUT2D eigenvalue weighted by atomic mass is 9.83. The van der Waals surface area contributed by atoms with Crippen molar-refractivity contribution in [2.24, 2.45) is 0 Å². The van der Waals surface area contributed by atoms with E-state index in [4.69, 9.17) is 25.8 Å². The maximum absolute atomic E-state index is 12.3. The lowest BCUT2D eigenvalue weighted by Gasteiger charge is -2.31. The minimum absolute atomic E-state index is 0.140. The van der Waals surface area contributed by atoms with Crippen LogP contribution in [0.15, 0.2) is 12.1 Å². The van der Waals surface area contributed by atoms with E-state index in [-0.39, 0.29) is 10.6 Å². The first-order valence-electron chi connectivity index (χ1n) is 8.84. The number of ether oxygens (including phenoxy) is 3. The maximum Gasteiger partial charge on any atom is 0.338 e. The largest absolute Gasteiger partial charge is 0.493 e. The number of carbonyl (C=O) groups is 2. The van der Waals surface area contributed by atoms with E-state index in [0.717, 1.165) is 19.3 Å². The minimum atomic E-state index is -0.868. The lowest BCUT2D eigenvalue weighted by molar-refractivity contribution is -0.125. The molecule has 7 nitrogen and oxygen atoms in total. The van der Waals surface area contributed by atoms with E-state index in [9.17, 15) is 14.9 Å². The van der Waals surface area contributed by atoms with Crippen molar-refractivity contribution < 1.29 is 23.8 Å². The third kappa shape index (κ3) is 5.27. The van der Waals surface area contributed by atoms with Crippen molar-refractivity contribution in [1.82, 2.24) is 5.32 Å². The fourth-order valence-electron chi connectivity index (χ4n) is 3.06. The summed E-state index contributed by atoms with van der Waals surface area (Å²) in [6.07, 6.45) is 4.04. The second-order valence-corrected chi connectivity index (χ2v) is 6.71. The molecule has 1 aromatic carbocycles. The van der Waals surface area contributed by atoms with Gasteiger partial charge in [-0.05, 0) is 31.9 Å². The molecule has 0 bridgehead atoms. The van der Waals surface area contributed by atoms with E-state index in [2.05, 4.69) is 11.4 Å². The number of hydrogen-bond donors (Lipinski definition) is 1. The van der Waals surface area contributed by atoms with Gasteiger partial charge in [-0.25, -0.2) is 4.79 Å². The van der Waals surface area contributed by atoms with Crippen molar-refractivity contribution in [2.75, 3.05) is 20.3 Å². The molecule has 0 spiro atoms. The summed E-state index contributed by atoms with van der Waals surface area (Å²) in [5, 5.41) is 12.3. The zero-order chi connectivity index (χ0) is 19.9. The average Bonchev–Trinajstić information content (AvgIpc) is 2.68. The molecule has 1 aliphatic carbocycles. The molecular formula is C19H23ClN2O5. The molecule has 1 N–H and O–H groups in total. The van der Waals surface area contributed by atoms with E-state index in [1.165, 1.54) is 19.2 Å². The molecule has 0 heterocycles. The normalized spacial score (nSPS) is 15.3. The molecule has 1 aromatic rings. The zero-order valence-corrected chi connectivity index (χ0v) is 16.2. The van der Waals surface area contributed by atoms with Gasteiger partial charge in [-0.15, -0.1) is 0 Å². The molecule has 1 saturated carbocycles. The predicted octanol–water partition coefficient (Wildman–Crippen LogP) is 3.25. The van der Waals surface area contributed by atoms with Gasteiger partial charge in [0.05, 0.1) is 30.4 Å². The van der Waals surface area contributed by atoms with Gasteiger partial charge in [0.2, 0.25) is 0 Å². The van der Waals surface area contributed by atoms with Crippen molar-refractivity contribution in [3.8, 4) is 17.6 Å². The van der Waals surface area contributed by atoms with Gasteiger partial charge < -0.3 is 19.5 Å². The van der Waals surface area contributed by atoms with Crippen molar-refractivity contribution in [3.63, 3.8) is 0 Å². The molecule has 2 rings (SSSR count). The summed E-state index contributed by atoms with van der Waals surface area (Å²) in [4.78, 5) is 24.4. The number of benzene rings is 1. The van der Waals surface area contributed by atoms with Gasteiger partial charge in [0.1, 0.15) is 5.54 Å². The maximum atomic E-state index is 12.3. The number of nitrogens with one attached hydrogen (secondary N) is 1. The summed E-state index contributed by atoms with van der Waals surface area (Å²) < 4.78 is 15.6. The van der Waals surface area contributed by atoms with Crippen LogP contribution in [-0.4, -0.2) is 37.7 Å². The Balaban J connectivity index is 2.00. The van der Waals surface area contributed by atoms with Crippen LogP contribution in [0.5, 0.6) is 11.5 Å². The highest BCUT2D eigenvalue weighted by Crippen LogP contribution is 2.36. The van der Waals surface area contributed by atoms with Crippen LogP contribution in [0.3, 0.4) is 0 Å². The molecule has 8 heteroatoms. The Morgan fingerprint density at radius 3 is 2.59 bits per heavy atom.